The first-order chi connectivity index (χ1) is 12.6. The van der Waals surface area contributed by atoms with E-state index >= 15 is 0 Å². The van der Waals surface area contributed by atoms with Crippen molar-refractivity contribution >= 4 is 28.9 Å². The van der Waals surface area contributed by atoms with Crippen LogP contribution in [-0.4, -0.2) is 16.5 Å². The van der Waals surface area contributed by atoms with Crippen molar-refractivity contribution in [2.75, 3.05) is 0 Å². The van der Waals surface area contributed by atoms with E-state index in [1.807, 2.05) is 19.9 Å². The van der Waals surface area contributed by atoms with E-state index in [0.717, 1.165) is 29.6 Å². The van der Waals surface area contributed by atoms with Crippen molar-refractivity contribution < 1.29 is 9.90 Å². The highest BCUT2D eigenvalue weighted by atomic mass is 35.5. The third-order valence-corrected chi connectivity index (χ3v) is 6.83. The van der Waals surface area contributed by atoms with E-state index in [0.29, 0.717) is 10.3 Å². The van der Waals surface area contributed by atoms with Gasteiger partial charge in [-0.15, -0.1) is 22.9 Å². The molecule has 0 amide bonds. The Morgan fingerprint density at radius 3 is 2.27 bits per heavy atom. The Bertz CT molecular complexity index is 494. The number of aryl methyl sites for hydroxylation is 1. The van der Waals surface area contributed by atoms with Gasteiger partial charge in [0.2, 0.25) is 0 Å². The van der Waals surface area contributed by atoms with Crippen LogP contribution in [0.4, 0.5) is 0 Å². The maximum Gasteiger partial charge on any atom is 0.345 e. The van der Waals surface area contributed by atoms with E-state index in [-0.39, 0.29) is 0 Å². The third-order valence-electron chi connectivity index (χ3n) is 5.30. The quantitative estimate of drug-likeness (QED) is 0.494. The zero-order valence-corrected chi connectivity index (χ0v) is 18.4. The monoisotopic (exact) mass is 400 g/mol. The number of carbonyl (C=O) groups is 1. The lowest BCUT2D eigenvalue weighted by Crippen LogP contribution is -2.00. The molecule has 0 bridgehead atoms. The van der Waals surface area contributed by atoms with Gasteiger partial charge in [0.25, 0.3) is 0 Å². The van der Waals surface area contributed by atoms with Gasteiger partial charge in [0.05, 0.1) is 0 Å². The molecular formula is C22H37ClO2S. The Labute approximate surface area is 169 Å². The van der Waals surface area contributed by atoms with E-state index in [9.17, 15) is 4.79 Å². The Kier molecular flexibility index (Phi) is 12.3. The summed E-state index contributed by atoms with van der Waals surface area (Å²) in [7, 11) is 0. The number of aromatic carboxylic acids is 1. The molecule has 2 nitrogen and oxygen atoms in total. The maximum atomic E-state index is 10.4. The minimum Gasteiger partial charge on any atom is -0.477 e. The molecule has 2 saturated carbocycles. The number of carboxylic acid groups (broad SMARTS) is 1. The van der Waals surface area contributed by atoms with Crippen molar-refractivity contribution in [2.24, 2.45) is 11.8 Å². The van der Waals surface area contributed by atoms with Gasteiger partial charge in [-0.25, -0.2) is 4.79 Å². The number of rotatable bonds is 6. The van der Waals surface area contributed by atoms with Crippen LogP contribution in [0.1, 0.15) is 99.5 Å². The molecule has 1 heterocycles. The Balaban J connectivity index is 0.000000241. The van der Waals surface area contributed by atoms with E-state index in [1.165, 1.54) is 69.1 Å². The summed E-state index contributed by atoms with van der Waals surface area (Å²) in [6.45, 7) is 6.08. The first kappa shape index (κ1) is 23.5. The fourth-order valence-corrected chi connectivity index (χ4v) is 5.25. The van der Waals surface area contributed by atoms with Crippen molar-refractivity contribution in [1.82, 2.24) is 0 Å². The smallest absolute Gasteiger partial charge is 0.345 e. The second-order valence-corrected chi connectivity index (χ2v) is 9.11. The molecule has 26 heavy (non-hydrogen) atoms. The Hall–Kier alpha value is -0.540. The summed E-state index contributed by atoms with van der Waals surface area (Å²) >= 11 is 7.47. The van der Waals surface area contributed by atoms with E-state index in [2.05, 4.69) is 6.92 Å². The zero-order chi connectivity index (χ0) is 19.4. The number of alkyl halides is 1. The van der Waals surface area contributed by atoms with Crippen LogP contribution in [0.25, 0.3) is 0 Å². The largest absolute Gasteiger partial charge is 0.477 e. The summed E-state index contributed by atoms with van der Waals surface area (Å²) in [4.78, 5) is 12.0. The van der Waals surface area contributed by atoms with Crippen molar-refractivity contribution in [3.8, 4) is 0 Å². The molecule has 0 aliphatic heterocycles. The van der Waals surface area contributed by atoms with Gasteiger partial charge < -0.3 is 5.11 Å². The van der Waals surface area contributed by atoms with Gasteiger partial charge in [-0.05, 0) is 49.7 Å². The average Bonchev–Trinajstić information content (AvgIpc) is 3.37. The van der Waals surface area contributed by atoms with Gasteiger partial charge in [0.1, 0.15) is 4.88 Å². The number of carboxylic acids is 1. The molecule has 0 saturated heterocycles. The van der Waals surface area contributed by atoms with Crippen molar-refractivity contribution in [2.45, 2.75) is 96.8 Å². The van der Waals surface area contributed by atoms with Gasteiger partial charge in [-0.1, -0.05) is 65.7 Å². The van der Waals surface area contributed by atoms with Crippen LogP contribution in [0.2, 0.25) is 0 Å². The summed E-state index contributed by atoms with van der Waals surface area (Å²) in [5.41, 5.74) is 0. The van der Waals surface area contributed by atoms with Crippen LogP contribution < -0.4 is 0 Å². The second kappa shape index (κ2) is 13.6. The molecule has 150 valence electrons. The summed E-state index contributed by atoms with van der Waals surface area (Å²) in [6.07, 6.45) is 15.0. The molecule has 3 rings (SSSR count). The Morgan fingerprint density at radius 1 is 1.12 bits per heavy atom. The molecule has 4 heteroatoms. The highest BCUT2D eigenvalue weighted by Crippen LogP contribution is 2.36. The lowest BCUT2D eigenvalue weighted by Gasteiger charge is -2.12. The van der Waals surface area contributed by atoms with Gasteiger partial charge in [0, 0.05) is 10.3 Å². The molecule has 0 spiro atoms. The van der Waals surface area contributed by atoms with Crippen LogP contribution in [0.5, 0.6) is 0 Å². The summed E-state index contributed by atoms with van der Waals surface area (Å²) < 4.78 is 0. The number of halogens is 1. The molecule has 2 unspecified atom stereocenters. The molecule has 2 atom stereocenters. The van der Waals surface area contributed by atoms with E-state index in [1.54, 1.807) is 6.07 Å². The first-order valence-corrected chi connectivity index (χ1v) is 11.8. The SMILES string of the molecule is CC.CCCc1ccc(C(=O)O)s1.ClC1CCC(CCC2CCCC2)C1. The molecular weight excluding hydrogens is 364 g/mol. The molecule has 1 aromatic rings. The fourth-order valence-electron chi connectivity index (χ4n) is 3.92. The van der Waals surface area contributed by atoms with Crippen molar-refractivity contribution in [3.63, 3.8) is 0 Å². The van der Waals surface area contributed by atoms with Gasteiger partial charge in [0.15, 0.2) is 0 Å². The van der Waals surface area contributed by atoms with E-state index in [4.69, 9.17) is 16.7 Å². The van der Waals surface area contributed by atoms with Crippen LogP contribution in [-0.2, 0) is 6.42 Å². The predicted molar refractivity (Wildman–Crippen MR) is 115 cm³/mol. The highest BCUT2D eigenvalue weighted by Gasteiger charge is 2.24. The summed E-state index contributed by atoms with van der Waals surface area (Å²) in [5.74, 6) is 1.23. The van der Waals surface area contributed by atoms with Crippen LogP contribution in [0.3, 0.4) is 0 Å². The number of hydrogen-bond acceptors (Lipinski definition) is 2. The average molecular weight is 401 g/mol. The van der Waals surface area contributed by atoms with Crippen LogP contribution >= 0.6 is 22.9 Å². The lowest BCUT2D eigenvalue weighted by molar-refractivity contribution is 0.0702. The molecule has 1 N–H and O–H groups in total. The maximum absolute atomic E-state index is 10.4. The van der Waals surface area contributed by atoms with Crippen LogP contribution in [0.15, 0.2) is 12.1 Å². The molecule has 2 aliphatic carbocycles. The molecule has 0 radical (unpaired) electrons. The van der Waals surface area contributed by atoms with Crippen molar-refractivity contribution in [3.05, 3.63) is 21.9 Å². The predicted octanol–water partition coefficient (Wildman–Crippen LogP) is 7.79. The van der Waals surface area contributed by atoms with Crippen molar-refractivity contribution in [1.29, 1.82) is 0 Å². The second-order valence-electron chi connectivity index (χ2n) is 7.33. The topological polar surface area (TPSA) is 37.3 Å². The minimum absolute atomic E-state index is 0.438. The third kappa shape index (κ3) is 8.90. The van der Waals surface area contributed by atoms with Gasteiger partial charge >= 0.3 is 5.97 Å². The minimum atomic E-state index is -0.822. The van der Waals surface area contributed by atoms with Gasteiger partial charge in [-0.2, -0.15) is 0 Å². The van der Waals surface area contributed by atoms with E-state index < -0.39 is 5.97 Å². The van der Waals surface area contributed by atoms with Gasteiger partial charge in [-0.3, -0.25) is 0 Å². The summed E-state index contributed by atoms with van der Waals surface area (Å²) in [5, 5.41) is 9.08. The van der Waals surface area contributed by atoms with Crippen LogP contribution in [0, 0.1) is 11.8 Å². The normalized spacial score (nSPS) is 22.3. The molecule has 1 aromatic heterocycles. The Morgan fingerprint density at radius 2 is 1.77 bits per heavy atom. The number of hydrogen-bond donors (Lipinski definition) is 1. The zero-order valence-electron chi connectivity index (χ0n) is 16.8. The highest BCUT2D eigenvalue weighted by molar-refractivity contribution is 7.13. The summed E-state index contributed by atoms with van der Waals surface area (Å²) in [6, 6.07) is 3.55. The molecule has 2 fully saturated rings. The fraction of sp³-hybridized carbons (Fsp3) is 0.773. The standard InChI is InChI=1S/C12H21Cl.C8H10O2S.C2H6/c13-12-8-7-11(9-12)6-5-10-3-1-2-4-10;1-2-3-6-4-5-7(11-6)8(9)10;1-2/h10-12H,1-9H2;4-5H,2-3H2,1H3,(H,9,10);1-2H3. The molecule has 0 aromatic carbocycles. The number of thiophene rings is 1. The first-order valence-electron chi connectivity index (χ1n) is 10.5. The lowest BCUT2D eigenvalue weighted by atomic mass is 9.94. The molecule has 2 aliphatic rings.